The Balaban J connectivity index is 1.37. The van der Waals surface area contributed by atoms with Gasteiger partial charge in [-0.2, -0.15) is 0 Å². The van der Waals surface area contributed by atoms with Crippen molar-refractivity contribution in [1.82, 2.24) is 30.1 Å². The second kappa shape index (κ2) is 11.6. The average Bonchev–Trinajstić information content (AvgIpc) is 3.38. The Bertz CT molecular complexity index is 1500. The summed E-state index contributed by atoms with van der Waals surface area (Å²) in [5, 5.41) is 13.4. The third-order valence-electron chi connectivity index (χ3n) is 6.51. The highest BCUT2D eigenvalue weighted by atomic mass is 16.5. The summed E-state index contributed by atoms with van der Waals surface area (Å²) in [5.74, 6) is 1.53. The van der Waals surface area contributed by atoms with E-state index < -0.39 is 0 Å². The van der Waals surface area contributed by atoms with Crippen molar-refractivity contribution in [1.29, 1.82) is 0 Å². The lowest BCUT2D eigenvalue weighted by Crippen LogP contribution is -2.30. The summed E-state index contributed by atoms with van der Waals surface area (Å²) in [5.41, 5.74) is 3.87. The summed E-state index contributed by atoms with van der Waals surface area (Å²) in [6, 6.07) is 28.3. The van der Waals surface area contributed by atoms with Crippen molar-refractivity contribution >= 4 is 10.9 Å². The molecular weight excluding hydrogens is 464 g/mol. The molecule has 0 saturated heterocycles. The van der Waals surface area contributed by atoms with Crippen molar-refractivity contribution in [2.45, 2.75) is 32.5 Å². The molecule has 0 amide bonds. The number of tetrazole rings is 1. The zero-order valence-electron chi connectivity index (χ0n) is 20.9. The molecule has 0 unspecified atom stereocenters. The van der Waals surface area contributed by atoms with Crippen molar-refractivity contribution in [3.8, 4) is 5.75 Å². The second-order valence-corrected chi connectivity index (χ2v) is 9.08. The third kappa shape index (κ3) is 6.29. The van der Waals surface area contributed by atoms with Gasteiger partial charge >= 0.3 is 0 Å². The van der Waals surface area contributed by atoms with Crippen LogP contribution in [0.1, 0.15) is 22.5 Å². The maximum Gasteiger partial charge on any atom is 0.252 e. The molecule has 5 rings (SSSR count). The molecule has 8 heteroatoms. The van der Waals surface area contributed by atoms with Gasteiger partial charge in [-0.15, -0.1) is 5.10 Å². The van der Waals surface area contributed by atoms with Crippen LogP contribution in [-0.4, -0.2) is 43.7 Å². The average molecular weight is 495 g/mol. The molecule has 8 nitrogen and oxygen atoms in total. The number of fused-ring (bicyclic) bond motifs is 1. The zero-order valence-corrected chi connectivity index (χ0v) is 20.9. The van der Waals surface area contributed by atoms with E-state index >= 15 is 0 Å². The summed E-state index contributed by atoms with van der Waals surface area (Å²) in [6.07, 6.45) is 1.70. The van der Waals surface area contributed by atoms with E-state index in [0.29, 0.717) is 25.2 Å². The molecule has 0 bridgehead atoms. The fourth-order valence-corrected chi connectivity index (χ4v) is 4.45. The van der Waals surface area contributed by atoms with Crippen LogP contribution in [-0.2, 0) is 32.5 Å². The normalized spacial score (nSPS) is 11.3. The highest BCUT2D eigenvalue weighted by molar-refractivity contribution is 5.80. The van der Waals surface area contributed by atoms with Gasteiger partial charge in [0.2, 0.25) is 0 Å². The van der Waals surface area contributed by atoms with Crippen LogP contribution in [0.2, 0.25) is 0 Å². The van der Waals surface area contributed by atoms with Crippen LogP contribution in [0.5, 0.6) is 5.75 Å². The van der Waals surface area contributed by atoms with E-state index in [0.717, 1.165) is 41.9 Å². The third-order valence-corrected chi connectivity index (χ3v) is 6.51. The second-order valence-electron chi connectivity index (χ2n) is 9.08. The van der Waals surface area contributed by atoms with Gasteiger partial charge in [-0.1, -0.05) is 60.7 Å². The Labute approximate surface area is 215 Å². The summed E-state index contributed by atoms with van der Waals surface area (Å²) in [7, 11) is 1.64. The van der Waals surface area contributed by atoms with Crippen molar-refractivity contribution in [2.24, 2.45) is 0 Å². The molecule has 0 fully saturated rings. The number of rotatable bonds is 11. The number of ether oxygens (including phenoxy) is 1. The molecule has 0 spiro atoms. The van der Waals surface area contributed by atoms with Crippen molar-refractivity contribution in [3.63, 3.8) is 0 Å². The molecule has 2 heterocycles. The Morgan fingerprint density at radius 2 is 1.62 bits per heavy atom. The van der Waals surface area contributed by atoms with Crippen molar-refractivity contribution in [2.75, 3.05) is 13.7 Å². The minimum Gasteiger partial charge on any atom is -0.497 e. The van der Waals surface area contributed by atoms with E-state index in [1.807, 2.05) is 65.3 Å². The molecule has 3 aromatic carbocycles. The van der Waals surface area contributed by atoms with Crippen molar-refractivity contribution in [3.05, 3.63) is 118 Å². The number of aryl methyl sites for hydroxylation is 2. The fourth-order valence-electron chi connectivity index (χ4n) is 4.45. The van der Waals surface area contributed by atoms with Gasteiger partial charge in [0.15, 0.2) is 5.82 Å². The largest absolute Gasteiger partial charge is 0.497 e. The molecule has 2 aromatic heterocycles. The van der Waals surface area contributed by atoms with E-state index in [-0.39, 0.29) is 5.56 Å². The highest BCUT2D eigenvalue weighted by Crippen LogP contribution is 2.19. The summed E-state index contributed by atoms with van der Waals surface area (Å²) in [4.78, 5) is 18.2. The Kier molecular flexibility index (Phi) is 7.66. The van der Waals surface area contributed by atoms with Gasteiger partial charge in [0, 0.05) is 36.1 Å². The zero-order chi connectivity index (χ0) is 25.5. The Hall–Kier alpha value is -4.30. The summed E-state index contributed by atoms with van der Waals surface area (Å²) >= 11 is 0. The molecule has 5 aromatic rings. The number of methoxy groups -OCH3 is 1. The lowest BCUT2D eigenvalue weighted by Gasteiger charge is -2.22. The molecular formula is C29H30N6O2. The molecule has 0 aliphatic rings. The van der Waals surface area contributed by atoms with Crippen LogP contribution in [0.25, 0.3) is 10.9 Å². The first-order valence-corrected chi connectivity index (χ1v) is 12.4. The topological polar surface area (TPSA) is 88.9 Å². The van der Waals surface area contributed by atoms with Crippen LogP contribution in [0.15, 0.2) is 89.7 Å². The molecule has 0 atom stereocenters. The number of nitrogens with one attached hydrogen (secondary N) is 1. The van der Waals surface area contributed by atoms with Crippen LogP contribution in [0.3, 0.4) is 0 Å². The molecule has 0 radical (unpaired) electrons. The Morgan fingerprint density at radius 1 is 0.892 bits per heavy atom. The minimum atomic E-state index is -0.0916. The maximum absolute atomic E-state index is 13.0. The van der Waals surface area contributed by atoms with Gasteiger partial charge in [-0.3, -0.25) is 9.69 Å². The van der Waals surface area contributed by atoms with Crippen LogP contribution < -0.4 is 10.3 Å². The number of hydrogen-bond donors (Lipinski definition) is 1. The fraction of sp³-hybridized carbons (Fsp3) is 0.241. The molecule has 0 aliphatic heterocycles. The van der Waals surface area contributed by atoms with Crippen LogP contribution >= 0.6 is 0 Å². The SMILES string of the molecule is COc1ccc2[nH]c(=O)c(CN(CCc3ccccc3)Cc3nnnn3CCc3ccccc3)cc2c1. The molecule has 37 heavy (non-hydrogen) atoms. The number of H-pyrrole nitrogens is 1. The number of nitrogens with zero attached hydrogens (tertiary/aromatic N) is 5. The van der Waals surface area contributed by atoms with Gasteiger partial charge in [0.25, 0.3) is 5.56 Å². The van der Waals surface area contributed by atoms with Crippen LogP contribution in [0.4, 0.5) is 0 Å². The monoisotopic (exact) mass is 494 g/mol. The van der Waals surface area contributed by atoms with Crippen molar-refractivity contribution < 1.29 is 4.74 Å². The smallest absolute Gasteiger partial charge is 0.252 e. The van der Waals surface area contributed by atoms with E-state index in [1.54, 1.807) is 7.11 Å². The van der Waals surface area contributed by atoms with Gasteiger partial charge in [-0.05, 0) is 58.7 Å². The van der Waals surface area contributed by atoms with E-state index in [9.17, 15) is 4.79 Å². The quantitative estimate of drug-likeness (QED) is 0.299. The number of aromatic nitrogens is 5. The van der Waals surface area contributed by atoms with Gasteiger partial charge in [-0.25, -0.2) is 4.68 Å². The number of aromatic amines is 1. The minimum absolute atomic E-state index is 0.0916. The predicted molar refractivity (Wildman–Crippen MR) is 143 cm³/mol. The maximum atomic E-state index is 13.0. The first kappa shape index (κ1) is 24.4. The number of pyridine rings is 1. The van der Waals surface area contributed by atoms with E-state index in [1.165, 1.54) is 11.1 Å². The van der Waals surface area contributed by atoms with E-state index in [2.05, 4.69) is 49.7 Å². The van der Waals surface area contributed by atoms with E-state index in [4.69, 9.17) is 4.74 Å². The molecule has 0 aliphatic carbocycles. The summed E-state index contributed by atoms with van der Waals surface area (Å²) in [6.45, 7) is 2.45. The van der Waals surface area contributed by atoms with Gasteiger partial charge < -0.3 is 9.72 Å². The first-order valence-electron chi connectivity index (χ1n) is 12.4. The first-order chi connectivity index (χ1) is 18.2. The lowest BCUT2D eigenvalue weighted by atomic mass is 10.1. The summed E-state index contributed by atoms with van der Waals surface area (Å²) < 4.78 is 7.23. The highest BCUT2D eigenvalue weighted by Gasteiger charge is 2.16. The number of hydrogen-bond acceptors (Lipinski definition) is 6. The predicted octanol–water partition coefficient (Wildman–Crippen LogP) is 4.01. The number of benzene rings is 3. The molecule has 1 N–H and O–H groups in total. The van der Waals surface area contributed by atoms with Crippen LogP contribution in [0, 0.1) is 0 Å². The molecule has 188 valence electrons. The van der Waals surface area contributed by atoms with Gasteiger partial charge in [0.05, 0.1) is 13.7 Å². The van der Waals surface area contributed by atoms with Gasteiger partial charge in [0.1, 0.15) is 5.75 Å². The standard InChI is InChI=1S/C29H30N6O2/c1-37-26-12-13-27-24(19-26)18-25(29(36)30-27)20-34(16-14-22-8-4-2-5-9-22)21-28-31-32-33-35(28)17-15-23-10-6-3-7-11-23/h2-13,18-19H,14-17,20-21H2,1H3,(H,30,36). The molecule has 0 saturated carbocycles. The Morgan fingerprint density at radius 3 is 2.35 bits per heavy atom. The lowest BCUT2D eigenvalue weighted by molar-refractivity contribution is 0.247.